The number of nitrogens with zero attached hydrogens (tertiary/aromatic N) is 1. The topological polar surface area (TPSA) is 43.3 Å². The number of carbonyl (C=O) groups excluding carboxylic acids is 1. The number of ether oxygens (including phenoxy) is 1. The summed E-state index contributed by atoms with van der Waals surface area (Å²) in [7, 11) is 0. The van der Waals surface area contributed by atoms with Crippen molar-refractivity contribution < 1.29 is 9.53 Å². The van der Waals surface area contributed by atoms with Gasteiger partial charge in [-0.2, -0.15) is 0 Å². The van der Waals surface area contributed by atoms with Crippen molar-refractivity contribution in [1.82, 2.24) is 9.88 Å². The van der Waals surface area contributed by atoms with E-state index in [1.807, 2.05) is 0 Å². The van der Waals surface area contributed by atoms with Gasteiger partial charge in [-0.1, -0.05) is 12.1 Å². The van der Waals surface area contributed by atoms with Gasteiger partial charge in [0.1, 0.15) is 0 Å². The third-order valence-electron chi connectivity index (χ3n) is 4.81. The molecule has 1 N–H and O–H groups in total. The van der Waals surface area contributed by atoms with E-state index in [2.05, 4.69) is 41.2 Å². The summed E-state index contributed by atoms with van der Waals surface area (Å²) in [6, 6.07) is 6.91. The van der Waals surface area contributed by atoms with Crippen LogP contribution < -0.4 is 5.32 Å². The van der Waals surface area contributed by atoms with E-state index in [-0.39, 0.29) is 11.8 Å². The van der Waals surface area contributed by atoms with E-state index in [4.69, 9.17) is 4.74 Å². The lowest BCUT2D eigenvalue weighted by molar-refractivity contribution is -0.120. The molecule has 2 atom stereocenters. The van der Waals surface area contributed by atoms with Crippen LogP contribution in [0.3, 0.4) is 0 Å². The first-order valence-electron chi connectivity index (χ1n) is 7.70. The molecular formula is C17H20N2O2. The second-order valence-electron chi connectivity index (χ2n) is 6.15. The average molecular weight is 284 g/mol. The molecule has 110 valence electrons. The maximum Gasteiger partial charge on any atom is 0.227 e. The third kappa shape index (κ3) is 2.05. The van der Waals surface area contributed by atoms with Gasteiger partial charge in [0.15, 0.2) is 0 Å². The molecular weight excluding hydrogens is 264 g/mol. The first-order valence-corrected chi connectivity index (χ1v) is 7.70. The Hall–Kier alpha value is -1.81. The minimum Gasteiger partial charge on any atom is -0.379 e. The molecule has 2 aromatic rings. The summed E-state index contributed by atoms with van der Waals surface area (Å²) in [5.41, 5.74) is 3.66. The zero-order valence-electron chi connectivity index (χ0n) is 12.3. The molecule has 2 aliphatic heterocycles. The minimum atomic E-state index is 0.0119. The SMILES string of the molecule is Cc1cn(C2CCOC2)c2cc(C3CCNC3=O)ccc12. The molecule has 2 unspecified atom stereocenters. The maximum absolute atomic E-state index is 11.9. The normalized spacial score (nSPS) is 25.7. The number of hydrogen-bond acceptors (Lipinski definition) is 2. The molecule has 2 aliphatic rings. The van der Waals surface area contributed by atoms with Crippen molar-refractivity contribution in [1.29, 1.82) is 0 Å². The van der Waals surface area contributed by atoms with Gasteiger partial charge in [0, 0.05) is 30.3 Å². The van der Waals surface area contributed by atoms with Crippen LogP contribution in [-0.2, 0) is 9.53 Å². The van der Waals surface area contributed by atoms with Crippen molar-refractivity contribution in [2.75, 3.05) is 19.8 Å². The highest BCUT2D eigenvalue weighted by atomic mass is 16.5. The molecule has 4 nitrogen and oxygen atoms in total. The zero-order valence-corrected chi connectivity index (χ0v) is 12.3. The van der Waals surface area contributed by atoms with Crippen LogP contribution in [0.15, 0.2) is 24.4 Å². The number of aryl methyl sites for hydroxylation is 1. The van der Waals surface area contributed by atoms with Crippen molar-refractivity contribution in [2.45, 2.75) is 31.7 Å². The molecule has 0 aliphatic carbocycles. The zero-order chi connectivity index (χ0) is 14.4. The Bertz CT molecular complexity index is 698. The number of nitrogens with one attached hydrogen (secondary N) is 1. The molecule has 1 aromatic heterocycles. The smallest absolute Gasteiger partial charge is 0.227 e. The Kier molecular flexibility index (Phi) is 3.00. The highest BCUT2D eigenvalue weighted by Crippen LogP contribution is 2.32. The van der Waals surface area contributed by atoms with Crippen molar-refractivity contribution >= 4 is 16.8 Å². The van der Waals surface area contributed by atoms with E-state index in [1.54, 1.807) is 0 Å². The van der Waals surface area contributed by atoms with E-state index >= 15 is 0 Å². The van der Waals surface area contributed by atoms with Gasteiger partial charge in [-0.15, -0.1) is 0 Å². The van der Waals surface area contributed by atoms with Crippen LogP contribution in [0.4, 0.5) is 0 Å². The molecule has 2 fully saturated rings. The number of amides is 1. The molecule has 0 radical (unpaired) electrons. The van der Waals surface area contributed by atoms with Crippen molar-refractivity contribution in [3.05, 3.63) is 35.5 Å². The summed E-state index contributed by atoms with van der Waals surface area (Å²) < 4.78 is 7.87. The summed E-state index contributed by atoms with van der Waals surface area (Å²) in [4.78, 5) is 11.9. The highest BCUT2D eigenvalue weighted by molar-refractivity contribution is 5.89. The number of benzene rings is 1. The molecule has 1 aromatic carbocycles. The van der Waals surface area contributed by atoms with Gasteiger partial charge in [-0.3, -0.25) is 4.79 Å². The third-order valence-corrected chi connectivity index (χ3v) is 4.81. The Morgan fingerprint density at radius 2 is 2.24 bits per heavy atom. The van der Waals surface area contributed by atoms with Gasteiger partial charge in [0.25, 0.3) is 0 Å². The lowest BCUT2D eigenvalue weighted by atomic mass is 9.96. The predicted molar refractivity (Wildman–Crippen MR) is 81.5 cm³/mol. The first kappa shape index (κ1) is 12.9. The molecule has 21 heavy (non-hydrogen) atoms. The summed E-state index contributed by atoms with van der Waals surface area (Å²) >= 11 is 0. The minimum absolute atomic E-state index is 0.0119. The largest absolute Gasteiger partial charge is 0.379 e. The van der Waals surface area contributed by atoms with Crippen LogP contribution >= 0.6 is 0 Å². The fraction of sp³-hybridized carbons (Fsp3) is 0.471. The summed E-state index contributed by atoms with van der Waals surface area (Å²) in [5, 5.41) is 4.21. The van der Waals surface area contributed by atoms with Gasteiger partial charge in [0.05, 0.1) is 18.6 Å². The van der Waals surface area contributed by atoms with E-state index < -0.39 is 0 Å². The quantitative estimate of drug-likeness (QED) is 0.921. The molecule has 0 saturated carbocycles. The van der Waals surface area contributed by atoms with Crippen LogP contribution in [0, 0.1) is 6.92 Å². The van der Waals surface area contributed by atoms with Gasteiger partial charge in [-0.05, 0) is 37.0 Å². The van der Waals surface area contributed by atoms with Crippen LogP contribution in [0.1, 0.15) is 35.9 Å². The number of fused-ring (bicyclic) bond motifs is 1. The fourth-order valence-electron chi connectivity index (χ4n) is 3.62. The van der Waals surface area contributed by atoms with Gasteiger partial charge >= 0.3 is 0 Å². The van der Waals surface area contributed by atoms with E-state index in [1.165, 1.54) is 16.5 Å². The van der Waals surface area contributed by atoms with Gasteiger partial charge in [0.2, 0.25) is 5.91 Å². The number of carbonyl (C=O) groups is 1. The van der Waals surface area contributed by atoms with Crippen LogP contribution in [0.25, 0.3) is 10.9 Å². The Morgan fingerprint density at radius 1 is 1.33 bits per heavy atom. The van der Waals surface area contributed by atoms with Crippen molar-refractivity contribution in [2.24, 2.45) is 0 Å². The fourth-order valence-corrected chi connectivity index (χ4v) is 3.62. The van der Waals surface area contributed by atoms with Crippen molar-refractivity contribution in [3.63, 3.8) is 0 Å². The number of hydrogen-bond donors (Lipinski definition) is 1. The highest BCUT2D eigenvalue weighted by Gasteiger charge is 2.27. The molecule has 2 saturated heterocycles. The number of aromatic nitrogens is 1. The summed E-state index contributed by atoms with van der Waals surface area (Å²) in [6.07, 6.45) is 4.19. The van der Waals surface area contributed by atoms with Gasteiger partial charge < -0.3 is 14.6 Å². The molecule has 4 rings (SSSR count). The first-order chi connectivity index (χ1) is 10.2. The second kappa shape index (κ2) is 4.88. The van der Waals surface area contributed by atoms with Crippen LogP contribution in [-0.4, -0.2) is 30.2 Å². The summed E-state index contributed by atoms with van der Waals surface area (Å²) in [6.45, 7) is 4.57. The Labute approximate surface area is 124 Å². The standard InChI is InChI=1S/C17H20N2O2/c1-11-9-19(13-5-7-21-10-13)16-8-12(2-3-14(11)16)15-4-6-18-17(15)20/h2-3,8-9,13,15H,4-7,10H2,1H3,(H,18,20). The molecule has 1 amide bonds. The Morgan fingerprint density at radius 3 is 2.95 bits per heavy atom. The predicted octanol–water partition coefficient (Wildman–Crippen LogP) is 2.51. The second-order valence-corrected chi connectivity index (χ2v) is 6.15. The Balaban J connectivity index is 1.81. The lowest BCUT2D eigenvalue weighted by Gasteiger charge is -2.14. The number of rotatable bonds is 2. The lowest BCUT2D eigenvalue weighted by Crippen LogP contribution is -2.17. The van der Waals surface area contributed by atoms with Crippen molar-refractivity contribution in [3.8, 4) is 0 Å². The van der Waals surface area contributed by atoms with Crippen LogP contribution in [0.5, 0.6) is 0 Å². The van der Waals surface area contributed by atoms with Crippen LogP contribution in [0.2, 0.25) is 0 Å². The summed E-state index contributed by atoms with van der Waals surface area (Å²) in [5.74, 6) is 0.172. The maximum atomic E-state index is 11.9. The van der Waals surface area contributed by atoms with E-state index in [0.717, 1.165) is 38.2 Å². The van der Waals surface area contributed by atoms with E-state index in [0.29, 0.717) is 6.04 Å². The van der Waals surface area contributed by atoms with Gasteiger partial charge in [-0.25, -0.2) is 0 Å². The average Bonchev–Trinajstić information content (AvgIpc) is 3.19. The molecule has 0 bridgehead atoms. The molecule has 0 spiro atoms. The monoisotopic (exact) mass is 284 g/mol. The molecule has 4 heteroatoms. The van der Waals surface area contributed by atoms with E-state index in [9.17, 15) is 4.79 Å². The molecule has 3 heterocycles.